The summed E-state index contributed by atoms with van der Waals surface area (Å²) < 4.78 is 15.4. The van der Waals surface area contributed by atoms with E-state index in [4.69, 9.17) is 42.9 Å². The summed E-state index contributed by atoms with van der Waals surface area (Å²) in [5, 5.41) is 13.1. The highest BCUT2D eigenvalue weighted by Gasteiger charge is 2.43. The van der Waals surface area contributed by atoms with E-state index in [1.165, 1.54) is 0 Å². The van der Waals surface area contributed by atoms with Crippen LogP contribution in [-0.4, -0.2) is 88.4 Å². The second-order valence-corrected chi connectivity index (χ2v) is 18.8. The molecule has 2 saturated heterocycles. The summed E-state index contributed by atoms with van der Waals surface area (Å²) in [7, 11) is 0. The number of rotatable bonds is 11. The van der Waals surface area contributed by atoms with Crippen LogP contribution in [0.15, 0.2) is 194 Å². The van der Waals surface area contributed by atoms with Crippen LogP contribution in [0.25, 0.3) is 21.8 Å². The van der Waals surface area contributed by atoms with E-state index in [9.17, 15) is 4.79 Å². The second-order valence-electron chi connectivity index (χ2n) is 18.1. The number of pyridine rings is 2. The van der Waals surface area contributed by atoms with E-state index in [0.717, 1.165) is 80.7 Å². The van der Waals surface area contributed by atoms with Crippen molar-refractivity contribution in [1.29, 1.82) is 0 Å². The molecule has 73 heavy (non-hydrogen) atoms. The molecular formula is C60H52Cl2N8O3. The number of hydrogen-bond acceptors (Lipinski definition) is 9. The zero-order valence-corrected chi connectivity index (χ0v) is 41.8. The summed E-state index contributed by atoms with van der Waals surface area (Å²) in [6.45, 7) is 7.45. The van der Waals surface area contributed by atoms with Crippen molar-refractivity contribution >= 4 is 62.9 Å². The Bertz CT molecular complexity index is 3290. The topological polar surface area (TPSA) is 103 Å². The van der Waals surface area contributed by atoms with Gasteiger partial charge in [0.2, 0.25) is 0 Å². The maximum Gasteiger partial charge on any atom is 0.169 e. The first-order valence-corrected chi connectivity index (χ1v) is 25.3. The lowest BCUT2D eigenvalue weighted by Crippen LogP contribution is -2.40. The van der Waals surface area contributed by atoms with Crippen LogP contribution >= 0.6 is 23.2 Å². The lowest BCUT2D eigenvalue weighted by atomic mass is 9.77. The van der Waals surface area contributed by atoms with Gasteiger partial charge in [-0.05, 0) is 40.3 Å². The molecule has 0 spiro atoms. The zero-order valence-electron chi connectivity index (χ0n) is 40.3. The van der Waals surface area contributed by atoms with Gasteiger partial charge in [0.05, 0.1) is 53.9 Å². The Morgan fingerprint density at radius 1 is 0.452 bits per heavy atom. The second kappa shape index (κ2) is 20.8. The van der Waals surface area contributed by atoms with E-state index < -0.39 is 11.1 Å². The van der Waals surface area contributed by atoms with E-state index in [0.29, 0.717) is 55.9 Å². The van der Waals surface area contributed by atoms with Crippen LogP contribution in [-0.2, 0) is 20.6 Å². The summed E-state index contributed by atoms with van der Waals surface area (Å²) in [4.78, 5) is 25.7. The van der Waals surface area contributed by atoms with Crippen molar-refractivity contribution in [3.05, 3.63) is 249 Å². The number of halogens is 2. The van der Waals surface area contributed by atoms with Gasteiger partial charge in [-0.1, -0.05) is 205 Å². The van der Waals surface area contributed by atoms with E-state index in [-0.39, 0.29) is 10.8 Å². The van der Waals surface area contributed by atoms with E-state index in [2.05, 4.69) is 152 Å². The number of fused-ring (bicyclic) bond motifs is 2. The predicted octanol–water partition coefficient (Wildman–Crippen LogP) is 11.6. The smallest absolute Gasteiger partial charge is 0.169 e. The Labute approximate surface area is 434 Å². The number of aldehydes is 1. The van der Waals surface area contributed by atoms with E-state index in [1.807, 2.05) is 78.3 Å². The lowest BCUT2D eigenvalue weighted by molar-refractivity contribution is 0.112. The first-order valence-electron chi connectivity index (χ1n) is 24.5. The number of morpholine rings is 2. The fourth-order valence-electron chi connectivity index (χ4n) is 10.8. The van der Waals surface area contributed by atoms with Gasteiger partial charge in [-0.25, -0.2) is 19.3 Å². The molecule has 0 bridgehead atoms. The Hall–Kier alpha value is -7.67. The summed E-state index contributed by atoms with van der Waals surface area (Å²) in [5.74, 6) is 1.62. The average molecular weight is 1000 g/mol. The fraction of sp³-hybridized carbons (Fsp3) is 0.183. The maximum absolute atomic E-state index is 12.3. The first-order chi connectivity index (χ1) is 35.9. The number of benzene rings is 6. The minimum atomic E-state index is -0.850. The molecule has 0 unspecified atom stereocenters. The highest BCUT2D eigenvalue weighted by Crippen LogP contribution is 2.47. The van der Waals surface area contributed by atoms with Gasteiger partial charge in [0.25, 0.3) is 0 Å². The van der Waals surface area contributed by atoms with Gasteiger partial charge in [0, 0.05) is 38.3 Å². The number of aryl methyl sites for hydroxylation is 1. The molecule has 6 heterocycles. The molecule has 0 atom stereocenters. The predicted molar refractivity (Wildman–Crippen MR) is 290 cm³/mol. The minimum Gasteiger partial charge on any atom is -0.378 e. The average Bonchev–Trinajstić information content (AvgIpc) is 4.04. The van der Waals surface area contributed by atoms with Crippen molar-refractivity contribution < 1.29 is 14.3 Å². The SMILES string of the molecule is Cc1nc(Cl)cc2c1c(N1CCOCC1)nn2C(c1ccccc1)(c1ccccc1)c1ccccc1.O=Cc1nc(Cl)cc2c1c(N1CCOCC1)nn2C(c1ccccc1)(c1ccccc1)c1ccccc1. The van der Waals surface area contributed by atoms with Gasteiger partial charge in [0.15, 0.2) is 17.9 Å². The van der Waals surface area contributed by atoms with Crippen LogP contribution in [0.4, 0.5) is 11.6 Å². The summed E-state index contributed by atoms with van der Waals surface area (Å²) in [6.07, 6.45) is 0.763. The van der Waals surface area contributed by atoms with Crippen molar-refractivity contribution in [1.82, 2.24) is 29.5 Å². The minimum absolute atomic E-state index is 0.243. The van der Waals surface area contributed by atoms with Gasteiger partial charge in [-0.3, -0.25) is 4.79 Å². The van der Waals surface area contributed by atoms with Crippen LogP contribution in [0, 0.1) is 6.92 Å². The molecule has 11 nitrogen and oxygen atoms in total. The molecule has 0 radical (unpaired) electrons. The number of hydrogen-bond donors (Lipinski definition) is 0. The molecule has 0 saturated carbocycles. The first kappa shape index (κ1) is 47.6. The fourth-order valence-corrected chi connectivity index (χ4v) is 11.2. The lowest BCUT2D eigenvalue weighted by Gasteiger charge is -2.37. The number of aromatic nitrogens is 6. The number of carbonyl (C=O) groups is 1. The maximum atomic E-state index is 12.3. The van der Waals surface area contributed by atoms with Gasteiger partial charge in [0.1, 0.15) is 27.1 Å². The van der Waals surface area contributed by atoms with Crippen LogP contribution in [0.1, 0.15) is 49.6 Å². The third-order valence-electron chi connectivity index (χ3n) is 14.0. The normalized spacial score (nSPS) is 14.2. The largest absolute Gasteiger partial charge is 0.378 e. The molecule has 10 aromatic rings. The Kier molecular flexibility index (Phi) is 13.6. The van der Waals surface area contributed by atoms with Crippen molar-refractivity contribution in [2.45, 2.75) is 18.0 Å². The van der Waals surface area contributed by atoms with Crippen LogP contribution in [0.3, 0.4) is 0 Å². The number of carbonyl (C=O) groups excluding carboxylic acids is 1. The standard InChI is InChI=1S/C30H25ClN4O2.C30H27ClN4O/c31-27-20-26-28(25(21-36)32-27)29(34-16-18-37-19-17-34)33-35(26)30(22-10-4-1-5-11-22,23-12-6-2-7-13-23)24-14-8-3-9-15-24;1-22-28-26(21-27(31)32-22)35(33-29(28)34-17-19-36-20-18-34)30(23-11-5-2-6-12-23,24-13-7-3-8-14-24)25-15-9-4-10-16-25/h1-15,20-21H,16-19H2;2-16,21H,17-20H2,1H3. The highest BCUT2D eigenvalue weighted by atomic mass is 35.5. The quantitative estimate of drug-likeness (QED) is 0.0712. The summed E-state index contributed by atoms with van der Waals surface area (Å²) in [5.41, 5.74) is 7.70. The molecule has 0 amide bonds. The number of anilines is 2. The summed E-state index contributed by atoms with van der Waals surface area (Å²) >= 11 is 13.1. The molecule has 0 N–H and O–H groups in total. The van der Waals surface area contributed by atoms with Gasteiger partial charge >= 0.3 is 0 Å². The van der Waals surface area contributed by atoms with Gasteiger partial charge in [-0.2, -0.15) is 10.2 Å². The summed E-state index contributed by atoms with van der Waals surface area (Å²) in [6, 6.07) is 66.5. The molecule has 2 aliphatic heterocycles. The molecule has 2 aliphatic rings. The van der Waals surface area contributed by atoms with Crippen LogP contribution < -0.4 is 9.80 Å². The third-order valence-corrected chi connectivity index (χ3v) is 14.3. The molecule has 4 aromatic heterocycles. The highest BCUT2D eigenvalue weighted by molar-refractivity contribution is 6.30. The van der Waals surface area contributed by atoms with Crippen LogP contribution in [0.5, 0.6) is 0 Å². The van der Waals surface area contributed by atoms with Gasteiger partial charge in [-0.15, -0.1) is 0 Å². The Morgan fingerprint density at radius 2 is 0.753 bits per heavy atom. The van der Waals surface area contributed by atoms with Crippen molar-refractivity contribution in [2.24, 2.45) is 0 Å². The molecule has 6 aromatic carbocycles. The van der Waals surface area contributed by atoms with Gasteiger partial charge < -0.3 is 19.3 Å². The number of ether oxygens (including phenoxy) is 2. The van der Waals surface area contributed by atoms with E-state index >= 15 is 0 Å². The Morgan fingerprint density at radius 3 is 1.08 bits per heavy atom. The molecule has 0 aliphatic carbocycles. The monoisotopic (exact) mass is 1000 g/mol. The van der Waals surface area contributed by atoms with Crippen molar-refractivity contribution in [3.63, 3.8) is 0 Å². The van der Waals surface area contributed by atoms with Crippen molar-refractivity contribution in [2.75, 3.05) is 62.4 Å². The molecule has 13 heteroatoms. The molecule has 12 rings (SSSR count). The molecular weight excluding hydrogens is 952 g/mol. The molecule has 364 valence electrons. The van der Waals surface area contributed by atoms with Crippen LogP contribution in [0.2, 0.25) is 10.3 Å². The van der Waals surface area contributed by atoms with E-state index in [1.54, 1.807) is 0 Å². The van der Waals surface area contributed by atoms with Crippen molar-refractivity contribution in [3.8, 4) is 0 Å². The third kappa shape index (κ3) is 8.61. The number of nitrogens with zero attached hydrogens (tertiary/aromatic N) is 8. The Balaban J connectivity index is 0.000000157. The zero-order chi connectivity index (χ0) is 49.8. The molecule has 2 fully saturated rings.